The Balaban J connectivity index is 1.28. The van der Waals surface area contributed by atoms with Crippen LogP contribution in [0.1, 0.15) is 22.3 Å². The molecule has 1 heterocycles. The van der Waals surface area contributed by atoms with E-state index in [9.17, 15) is 9.59 Å². The molecule has 0 saturated carbocycles. The molecule has 5 rings (SSSR count). The number of carbonyl (C=O) groups is 2. The highest BCUT2D eigenvalue weighted by atomic mass is 16.7. The molecule has 0 bridgehead atoms. The van der Waals surface area contributed by atoms with E-state index >= 15 is 0 Å². The van der Waals surface area contributed by atoms with E-state index in [2.05, 4.69) is 6.58 Å². The summed E-state index contributed by atoms with van der Waals surface area (Å²) in [6.45, 7) is 4.40. The molecular formula is C36H32O8. The Bertz CT molecular complexity index is 1600. The zero-order valence-electron chi connectivity index (χ0n) is 24.1. The van der Waals surface area contributed by atoms with Crippen LogP contribution in [0.25, 0.3) is 6.08 Å². The number of hydrogen-bond donors (Lipinski definition) is 0. The van der Waals surface area contributed by atoms with Crippen molar-refractivity contribution in [3.8, 4) is 23.0 Å². The Morgan fingerprint density at radius 3 is 2.16 bits per heavy atom. The average Bonchev–Trinajstić information content (AvgIpc) is 3.53. The minimum Gasteiger partial charge on any atom is -0.485 e. The van der Waals surface area contributed by atoms with E-state index in [1.54, 1.807) is 36.4 Å². The van der Waals surface area contributed by atoms with E-state index in [1.807, 2.05) is 66.7 Å². The molecule has 0 saturated heterocycles. The number of benzene rings is 4. The number of esters is 2. The maximum Gasteiger partial charge on any atom is 0.348 e. The number of rotatable bonds is 14. The second-order valence-corrected chi connectivity index (χ2v) is 9.82. The summed E-state index contributed by atoms with van der Waals surface area (Å²) in [6, 6.07) is 30.3. The molecule has 224 valence electrons. The highest BCUT2D eigenvalue weighted by Crippen LogP contribution is 2.33. The standard InChI is InChI=1S/C36H32O8/c1-2-19-39-36(38)34(22-29-14-17-31-33(21-29)43-25-42-31)44-35(37)18-15-26-13-16-30(40-23-27-9-5-3-6-10-27)32(20-26)41-24-28-11-7-4-8-12-28/h2-18,20-21,34H,1,19,22-25H2/b18-15+/t34-/m1/s1. The third kappa shape index (κ3) is 8.51. The van der Waals surface area contributed by atoms with Gasteiger partial charge in [0.2, 0.25) is 12.9 Å². The second-order valence-electron chi connectivity index (χ2n) is 9.82. The van der Waals surface area contributed by atoms with Gasteiger partial charge < -0.3 is 28.4 Å². The largest absolute Gasteiger partial charge is 0.485 e. The molecule has 4 aromatic carbocycles. The van der Waals surface area contributed by atoms with Crippen LogP contribution in [0.3, 0.4) is 0 Å². The molecule has 0 fully saturated rings. The van der Waals surface area contributed by atoms with E-state index in [0.29, 0.717) is 41.8 Å². The van der Waals surface area contributed by atoms with Crippen LogP contribution < -0.4 is 18.9 Å². The van der Waals surface area contributed by atoms with Gasteiger partial charge in [-0.25, -0.2) is 9.59 Å². The lowest BCUT2D eigenvalue weighted by Crippen LogP contribution is -2.31. The molecule has 0 amide bonds. The number of carbonyl (C=O) groups excluding carboxylic acids is 2. The zero-order chi connectivity index (χ0) is 30.6. The number of ether oxygens (including phenoxy) is 6. The quantitative estimate of drug-likeness (QED) is 0.0935. The SMILES string of the molecule is C=CCOC(=O)[C@@H](Cc1ccc2c(c1)OCO2)OC(=O)/C=C/c1ccc(OCc2ccccc2)c(OCc2ccccc2)c1. The van der Waals surface area contributed by atoms with Gasteiger partial charge >= 0.3 is 11.9 Å². The molecule has 1 atom stereocenters. The third-order valence-corrected chi connectivity index (χ3v) is 6.58. The lowest BCUT2D eigenvalue weighted by molar-refractivity contribution is -0.164. The molecule has 8 nitrogen and oxygen atoms in total. The van der Waals surface area contributed by atoms with Crippen LogP contribution >= 0.6 is 0 Å². The van der Waals surface area contributed by atoms with Crippen molar-refractivity contribution in [2.45, 2.75) is 25.7 Å². The predicted molar refractivity (Wildman–Crippen MR) is 164 cm³/mol. The first-order chi connectivity index (χ1) is 21.6. The maximum atomic E-state index is 12.9. The van der Waals surface area contributed by atoms with Crippen molar-refractivity contribution >= 4 is 18.0 Å². The van der Waals surface area contributed by atoms with Crippen LogP contribution in [-0.2, 0) is 38.7 Å². The van der Waals surface area contributed by atoms with E-state index < -0.39 is 18.0 Å². The summed E-state index contributed by atoms with van der Waals surface area (Å²) < 4.78 is 33.7. The predicted octanol–water partition coefficient (Wildman–Crippen LogP) is 6.47. The first kappa shape index (κ1) is 30.0. The van der Waals surface area contributed by atoms with Crippen LogP contribution in [0.2, 0.25) is 0 Å². The monoisotopic (exact) mass is 592 g/mol. The highest BCUT2D eigenvalue weighted by Gasteiger charge is 2.25. The van der Waals surface area contributed by atoms with Crippen molar-refractivity contribution < 1.29 is 38.0 Å². The Labute approximate surface area is 256 Å². The Morgan fingerprint density at radius 2 is 1.45 bits per heavy atom. The summed E-state index contributed by atoms with van der Waals surface area (Å²) in [5.74, 6) is 0.881. The fourth-order valence-corrected chi connectivity index (χ4v) is 4.36. The summed E-state index contributed by atoms with van der Waals surface area (Å²) in [4.78, 5) is 25.6. The lowest BCUT2D eigenvalue weighted by atomic mass is 10.1. The van der Waals surface area contributed by atoms with Gasteiger partial charge in [0.05, 0.1) is 0 Å². The Kier molecular flexibility index (Phi) is 10.3. The summed E-state index contributed by atoms with van der Waals surface area (Å²) in [6.07, 6.45) is 3.21. The van der Waals surface area contributed by atoms with Crippen LogP contribution in [0.4, 0.5) is 0 Å². The zero-order valence-corrected chi connectivity index (χ0v) is 24.1. The van der Waals surface area contributed by atoms with Gasteiger partial charge in [-0.1, -0.05) is 85.5 Å². The fourth-order valence-electron chi connectivity index (χ4n) is 4.36. The number of hydrogen-bond acceptors (Lipinski definition) is 8. The summed E-state index contributed by atoms with van der Waals surface area (Å²) in [5.41, 5.74) is 3.43. The van der Waals surface area contributed by atoms with Gasteiger partial charge in [0, 0.05) is 12.5 Å². The van der Waals surface area contributed by atoms with Crippen molar-refractivity contribution in [3.05, 3.63) is 138 Å². The number of fused-ring (bicyclic) bond motifs is 1. The van der Waals surface area contributed by atoms with Crippen molar-refractivity contribution in [2.75, 3.05) is 13.4 Å². The van der Waals surface area contributed by atoms with E-state index in [-0.39, 0.29) is 19.8 Å². The molecule has 4 aromatic rings. The molecule has 1 aliphatic heterocycles. The Hall–Kier alpha value is -5.50. The van der Waals surface area contributed by atoms with E-state index in [1.165, 1.54) is 12.2 Å². The lowest BCUT2D eigenvalue weighted by Gasteiger charge is -2.16. The molecule has 0 spiro atoms. The smallest absolute Gasteiger partial charge is 0.348 e. The van der Waals surface area contributed by atoms with Crippen LogP contribution in [0.5, 0.6) is 23.0 Å². The molecular weight excluding hydrogens is 560 g/mol. The maximum absolute atomic E-state index is 12.9. The Morgan fingerprint density at radius 1 is 0.773 bits per heavy atom. The minimum absolute atomic E-state index is 0.00564. The minimum atomic E-state index is -1.17. The normalized spacial score (nSPS) is 12.4. The van der Waals surface area contributed by atoms with Crippen LogP contribution in [-0.4, -0.2) is 31.4 Å². The van der Waals surface area contributed by atoms with Crippen LogP contribution in [0, 0.1) is 0 Å². The van der Waals surface area contributed by atoms with Gasteiger partial charge in [-0.2, -0.15) is 0 Å². The summed E-state index contributed by atoms with van der Waals surface area (Å²) in [5, 5.41) is 0. The summed E-state index contributed by atoms with van der Waals surface area (Å²) >= 11 is 0. The molecule has 8 heteroatoms. The highest BCUT2D eigenvalue weighted by molar-refractivity contribution is 5.89. The van der Waals surface area contributed by atoms with E-state index in [4.69, 9.17) is 28.4 Å². The molecule has 0 unspecified atom stereocenters. The van der Waals surface area contributed by atoms with E-state index in [0.717, 1.165) is 16.7 Å². The van der Waals surface area contributed by atoms with Gasteiger partial charge in [-0.05, 0) is 52.6 Å². The molecule has 0 aliphatic carbocycles. The van der Waals surface area contributed by atoms with Gasteiger partial charge in [0.15, 0.2) is 23.0 Å². The average molecular weight is 593 g/mol. The van der Waals surface area contributed by atoms with Crippen LogP contribution in [0.15, 0.2) is 116 Å². The van der Waals surface area contributed by atoms with Crippen molar-refractivity contribution in [1.82, 2.24) is 0 Å². The van der Waals surface area contributed by atoms with Gasteiger partial charge in [-0.15, -0.1) is 0 Å². The molecule has 0 N–H and O–H groups in total. The van der Waals surface area contributed by atoms with Crippen molar-refractivity contribution in [1.29, 1.82) is 0 Å². The summed E-state index contributed by atoms with van der Waals surface area (Å²) in [7, 11) is 0. The van der Waals surface area contributed by atoms with Gasteiger partial charge in [0.25, 0.3) is 0 Å². The van der Waals surface area contributed by atoms with Gasteiger partial charge in [0.1, 0.15) is 19.8 Å². The molecule has 1 aliphatic rings. The second kappa shape index (κ2) is 15.1. The van der Waals surface area contributed by atoms with Gasteiger partial charge in [-0.3, -0.25) is 0 Å². The van der Waals surface area contributed by atoms with Crippen molar-refractivity contribution in [2.24, 2.45) is 0 Å². The molecule has 0 radical (unpaired) electrons. The van der Waals surface area contributed by atoms with Crippen molar-refractivity contribution in [3.63, 3.8) is 0 Å². The third-order valence-electron chi connectivity index (χ3n) is 6.58. The molecule has 44 heavy (non-hydrogen) atoms. The molecule has 0 aromatic heterocycles. The first-order valence-corrected chi connectivity index (χ1v) is 14.1. The fraction of sp³-hybridized carbons (Fsp3) is 0.167. The first-order valence-electron chi connectivity index (χ1n) is 14.1. The topological polar surface area (TPSA) is 89.5 Å².